The number of rotatable bonds is 8. The van der Waals surface area contributed by atoms with Crippen LogP contribution in [0, 0.1) is 0 Å². The molecule has 0 bridgehead atoms. The molecule has 2 unspecified atom stereocenters. The van der Waals surface area contributed by atoms with Crippen molar-refractivity contribution in [1.29, 1.82) is 0 Å². The Labute approximate surface area is 156 Å². The molecule has 9 heteroatoms. The monoisotopic (exact) mass is 377 g/mol. The lowest BCUT2D eigenvalue weighted by atomic mass is 10.0. The molecule has 4 amide bonds. The summed E-state index contributed by atoms with van der Waals surface area (Å²) in [6.45, 7) is 0.973. The standard InChI is InChI=1S/C18H23N3O6/c22-14-3-1-9-19(14)12(11-21-16(24)7-8-17(21)25)5-6-13(18(26)27)20-10-2-4-15(20)23/h7-8,12-13H,1-6,9-11H2,(H,26,27). The number of nitrogens with zero attached hydrogens (tertiary/aromatic N) is 3. The summed E-state index contributed by atoms with van der Waals surface area (Å²) in [7, 11) is 0. The summed E-state index contributed by atoms with van der Waals surface area (Å²) < 4.78 is 0. The summed E-state index contributed by atoms with van der Waals surface area (Å²) in [4.78, 5) is 63.6. The number of carboxylic acids is 1. The van der Waals surface area contributed by atoms with Crippen molar-refractivity contribution < 1.29 is 29.1 Å². The second kappa shape index (κ2) is 7.89. The molecule has 27 heavy (non-hydrogen) atoms. The molecule has 9 nitrogen and oxygen atoms in total. The Morgan fingerprint density at radius 2 is 1.48 bits per heavy atom. The number of likely N-dealkylation sites (tertiary alicyclic amines) is 2. The number of carboxylic acid groups (broad SMARTS) is 1. The lowest BCUT2D eigenvalue weighted by molar-refractivity contribution is -0.149. The normalized spacial score (nSPS) is 22.3. The second-order valence-electron chi connectivity index (χ2n) is 7.09. The first-order chi connectivity index (χ1) is 12.9. The van der Waals surface area contributed by atoms with Crippen LogP contribution in [0.4, 0.5) is 0 Å². The number of carbonyl (C=O) groups excluding carboxylic acids is 4. The predicted octanol–water partition coefficient (Wildman–Crippen LogP) is -0.242. The highest BCUT2D eigenvalue weighted by Crippen LogP contribution is 2.23. The average molecular weight is 377 g/mol. The van der Waals surface area contributed by atoms with Crippen molar-refractivity contribution in [2.24, 2.45) is 0 Å². The summed E-state index contributed by atoms with van der Waals surface area (Å²) in [5, 5.41) is 9.55. The summed E-state index contributed by atoms with van der Waals surface area (Å²) >= 11 is 0. The molecule has 1 N–H and O–H groups in total. The van der Waals surface area contributed by atoms with Crippen LogP contribution in [0.2, 0.25) is 0 Å². The first kappa shape index (κ1) is 19.1. The van der Waals surface area contributed by atoms with Crippen molar-refractivity contribution in [3.63, 3.8) is 0 Å². The van der Waals surface area contributed by atoms with E-state index in [1.807, 2.05) is 0 Å². The van der Waals surface area contributed by atoms with Gasteiger partial charge in [-0.2, -0.15) is 0 Å². The minimum atomic E-state index is -1.08. The Morgan fingerprint density at radius 3 is 1.96 bits per heavy atom. The summed E-state index contributed by atoms with van der Waals surface area (Å²) in [5.74, 6) is -2.17. The zero-order valence-corrected chi connectivity index (χ0v) is 15.0. The van der Waals surface area contributed by atoms with Crippen LogP contribution in [0.15, 0.2) is 12.2 Å². The van der Waals surface area contributed by atoms with Crippen molar-refractivity contribution in [2.45, 2.75) is 50.6 Å². The number of hydrogen-bond acceptors (Lipinski definition) is 5. The fourth-order valence-electron chi connectivity index (χ4n) is 3.98. The van der Waals surface area contributed by atoms with Gasteiger partial charge in [-0.15, -0.1) is 0 Å². The topological polar surface area (TPSA) is 115 Å². The largest absolute Gasteiger partial charge is 0.480 e. The fraction of sp³-hybridized carbons (Fsp3) is 0.611. The van der Waals surface area contributed by atoms with Crippen LogP contribution in [0.25, 0.3) is 0 Å². The van der Waals surface area contributed by atoms with E-state index in [2.05, 4.69) is 0 Å². The van der Waals surface area contributed by atoms with E-state index in [9.17, 15) is 29.1 Å². The van der Waals surface area contributed by atoms with E-state index >= 15 is 0 Å². The van der Waals surface area contributed by atoms with E-state index in [-0.39, 0.29) is 24.8 Å². The molecule has 0 spiro atoms. The molecule has 2 fully saturated rings. The summed E-state index contributed by atoms with van der Waals surface area (Å²) in [6, 6.07) is -1.41. The lowest BCUT2D eigenvalue weighted by Gasteiger charge is -2.32. The molecular formula is C18H23N3O6. The summed E-state index contributed by atoms with van der Waals surface area (Å²) in [6.07, 6.45) is 4.93. The molecule has 0 aliphatic carbocycles. The van der Waals surface area contributed by atoms with Crippen LogP contribution in [0.3, 0.4) is 0 Å². The maximum absolute atomic E-state index is 12.2. The van der Waals surface area contributed by atoms with Gasteiger partial charge in [-0.25, -0.2) is 4.79 Å². The quantitative estimate of drug-likeness (QED) is 0.584. The number of amides is 4. The summed E-state index contributed by atoms with van der Waals surface area (Å²) in [5.41, 5.74) is 0. The van der Waals surface area contributed by atoms with Crippen molar-refractivity contribution in [3.8, 4) is 0 Å². The second-order valence-corrected chi connectivity index (χ2v) is 7.09. The molecule has 0 radical (unpaired) electrons. The molecule has 146 valence electrons. The maximum Gasteiger partial charge on any atom is 0.326 e. The van der Waals surface area contributed by atoms with Gasteiger partial charge in [-0.1, -0.05) is 0 Å². The van der Waals surface area contributed by atoms with Crippen molar-refractivity contribution in [2.75, 3.05) is 19.6 Å². The zero-order chi connectivity index (χ0) is 19.6. The molecule has 2 saturated heterocycles. The van der Waals surface area contributed by atoms with Crippen molar-refractivity contribution in [3.05, 3.63) is 12.2 Å². The van der Waals surface area contributed by atoms with Crippen LogP contribution >= 0.6 is 0 Å². The minimum absolute atomic E-state index is 0.0384. The third kappa shape index (κ3) is 4.01. The molecule has 3 rings (SSSR count). The van der Waals surface area contributed by atoms with E-state index in [4.69, 9.17) is 0 Å². The van der Waals surface area contributed by atoms with E-state index in [1.54, 1.807) is 4.90 Å². The minimum Gasteiger partial charge on any atom is -0.480 e. The first-order valence-corrected chi connectivity index (χ1v) is 9.23. The molecule has 3 aliphatic rings. The van der Waals surface area contributed by atoms with Crippen LogP contribution in [0.5, 0.6) is 0 Å². The molecule has 2 atom stereocenters. The highest BCUT2D eigenvalue weighted by molar-refractivity contribution is 6.12. The Morgan fingerprint density at radius 1 is 0.926 bits per heavy atom. The predicted molar refractivity (Wildman–Crippen MR) is 92.2 cm³/mol. The highest BCUT2D eigenvalue weighted by Gasteiger charge is 2.37. The smallest absolute Gasteiger partial charge is 0.326 e. The van der Waals surface area contributed by atoms with Crippen LogP contribution in [-0.2, 0) is 24.0 Å². The van der Waals surface area contributed by atoms with Crippen molar-refractivity contribution >= 4 is 29.6 Å². The third-order valence-corrected chi connectivity index (χ3v) is 5.39. The Kier molecular flexibility index (Phi) is 5.57. The number of aliphatic carboxylic acids is 1. The maximum atomic E-state index is 12.2. The third-order valence-electron chi connectivity index (χ3n) is 5.39. The SMILES string of the molecule is O=C(O)C(CCC(CN1C(=O)C=CC1=O)N1CCCC1=O)N1CCCC1=O. The number of carbonyl (C=O) groups is 5. The number of imide groups is 1. The van der Waals surface area contributed by atoms with Gasteiger partial charge in [0.2, 0.25) is 11.8 Å². The lowest BCUT2D eigenvalue weighted by Crippen LogP contribution is -2.48. The Hall–Kier alpha value is -2.71. The molecule has 3 heterocycles. The van der Waals surface area contributed by atoms with Crippen LogP contribution in [0.1, 0.15) is 38.5 Å². The van der Waals surface area contributed by atoms with E-state index < -0.39 is 29.9 Å². The van der Waals surface area contributed by atoms with Gasteiger partial charge in [-0.3, -0.25) is 24.1 Å². The average Bonchev–Trinajstić information content (AvgIpc) is 3.31. The van der Waals surface area contributed by atoms with Crippen molar-refractivity contribution in [1.82, 2.24) is 14.7 Å². The van der Waals surface area contributed by atoms with Crippen LogP contribution < -0.4 is 0 Å². The highest BCUT2D eigenvalue weighted by atomic mass is 16.4. The molecular weight excluding hydrogens is 354 g/mol. The van der Waals surface area contributed by atoms with Gasteiger partial charge in [0.15, 0.2) is 0 Å². The molecule has 3 aliphatic heterocycles. The van der Waals surface area contributed by atoms with Gasteiger partial charge in [0.25, 0.3) is 11.8 Å². The van der Waals surface area contributed by atoms with E-state index in [0.717, 1.165) is 4.90 Å². The molecule has 0 saturated carbocycles. The molecule has 0 aromatic carbocycles. The number of hydrogen-bond donors (Lipinski definition) is 1. The van der Waals surface area contributed by atoms with Crippen LogP contribution in [-0.4, -0.2) is 81.1 Å². The zero-order valence-electron chi connectivity index (χ0n) is 15.0. The van der Waals surface area contributed by atoms with E-state index in [0.29, 0.717) is 45.2 Å². The molecule has 0 aromatic heterocycles. The first-order valence-electron chi connectivity index (χ1n) is 9.23. The Balaban J connectivity index is 1.71. The van der Waals surface area contributed by atoms with Gasteiger partial charge in [0.05, 0.1) is 0 Å². The van der Waals surface area contributed by atoms with Gasteiger partial charge in [0.1, 0.15) is 6.04 Å². The van der Waals surface area contributed by atoms with Gasteiger partial charge in [0, 0.05) is 50.7 Å². The van der Waals surface area contributed by atoms with Gasteiger partial charge < -0.3 is 14.9 Å². The molecule has 0 aromatic rings. The van der Waals surface area contributed by atoms with E-state index in [1.165, 1.54) is 17.1 Å². The fourth-order valence-corrected chi connectivity index (χ4v) is 3.98. The van der Waals surface area contributed by atoms with Gasteiger partial charge in [-0.05, 0) is 25.7 Å². The Bertz CT molecular complexity index is 685. The van der Waals surface area contributed by atoms with Gasteiger partial charge >= 0.3 is 5.97 Å².